The molecule has 0 aromatic heterocycles. The summed E-state index contributed by atoms with van der Waals surface area (Å²) in [6.07, 6.45) is 0.549. The third kappa shape index (κ3) is 4.55. The van der Waals surface area contributed by atoms with Gasteiger partial charge in [-0.2, -0.15) is 0 Å². The molecule has 0 atom stereocenters. The van der Waals surface area contributed by atoms with E-state index in [-0.39, 0.29) is 11.6 Å². The number of aliphatic imine (C=N–C) groups is 1. The van der Waals surface area contributed by atoms with Gasteiger partial charge in [-0.1, -0.05) is 36.4 Å². The zero-order chi connectivity index (χ0) is 15.8. The summed E-state index contributed by atoms with van der Waals surface area (Å²) in [6, 6.07) is 13.3. The van der Waals surface area contributed by atoms with Crippen LogP contribution in [0.5, 0.6) is 0 Å². The summed E-state index contributed by atoms with van der Waals surface area (Å²) in [5.41, 5.74) is 1.22. The highest BCUT2D eigenvalue weighted by atomic mass is 19.1. The van der Waals surface area contributed by atoms with Gasteiger partial charge in [-0.15, -0.1) is 0 Å². The van der Waals surface area contributed by atoms with Crippen LogP contribution in [-0.2, 0) is 13.0 Å². The Hall–Kier alpha value is -2.43. The Labute approximate surface area is 129 Å². The average Bonchev–Trinajstić information content (AvgIpc) is 2.54. The molecule has 5 heteroatoms. The SMILES string of the molecule is CN=C(NCCc1ccccc1F)NCc1ccccc1F. The molecule has 0 fully saturated rings. The van der Waals surface area contributed by atoms with Crippen LogP contribution in [0.3, 0.4) is 0 Å². The quantitative estimate of drug-likeness (QED) is 0.658. The molecule has 0 aliphatic rings. The smallest absolute Gasteiger partial charge is 0.191 e. The third-order valence-electron chi connectivity index (χ3n) is 3.27. The second kappa shape index (κ2) is 8.12. The zero-order valence-electron chi connectivity index (χ0n) is 12.4. The van der Waals surface area contributed by atoms with Crippen molar-refractivity contribution < 1.29 is 8.78 Å². The van der Waals surface area contributed by atoms with E-state index in [0.29, 0.717) is 36.6 Å². The maximum atomic E-state index is 13.5. The molecule has 0 bridgehead atoms. The summed E-state index contributed by atoms with van der Waals surface area (Å²) < 4.78 is 27.0. The Morgan fingerprint density at radius 2 is 1.50 bits per heavy atom. The Morgan fingerprint density at radius 3 is 2.09 bits per heavy atom. The summed E-state index contributed by atoms with van der Waals surface area (Å²) in [5.74, 6) is 0.0926. The lowest BCUT2D eigenvalue weighted by Crippen LogP contribution is -2.38. The van der Waals surface area contributed by atoms with Crippen LogP contribution >= 0.6 is 0 Å². The number of hydrogen-bond acceptors (Lipinski definition) is 1. The van der Waals surface area contributed by atoms with E-state index in [4.69, 9.17) is 0 Å². The first-order valence-corrected chi connectivity index (χ1v) is 7.12. The number of nitrogens with zero attached hydrogens (tertiary/aromatic N) is 1. The number of rotatable bonds is 5. The van der Waals surface area contributed by atoms with Crippen molar-refractivity contribution >= 4 is 5.96 Å². The highest BCUT2D eigenvalue weighted by molar-refractivity contribution is 5.79. The van der Waals surface area contributed by atoms with Gasteiger partial charge < -0.3 is 10.6 Å². The lowest BCUT2D eigenvalue weighted by atomic mass is 10.1. The van der Waals surface area contributed by atoms with Gasteiger partial charge in [0.25, 0.3) is 0 Å². The predicted molar refractivity (Wildman–Crippen MR) is 84.7 cm³/mol. The van der Waals surface area contributed by atoms with Crippen molar-refractivity contribution in [2.45, 2.75) is 13.0 Å². The highest BCUT2D eigenvalue weighted by Crippen LogP contribution is 2.06. The topological polar surface area (TPSA) is 36.4 Å². The lowest BCUT2D eigenvalue weighted by Gasteiger charge is -2.12. The van der Waals surface area contributed by atoms with Crippen molar-refractivity contribution in [3.63, 3.8) is 0 Å². The predicted octanol–water partition coefficient (Wildman–Crippen LogP) is 2.87. The Kier molecular flexibility index (Phi) is 5.89. The van der Waals surface area contributed by atoms with E-state index >= 15 is 0 Å². The summed E-state index contributed by atoms with van der Waals surface area (Å²) >= 11 is 0. The number of guanidine groups is 1. The second-order valence-electron chi connectivity index (χ2n) is 4.79. The van der Waals surface area contributed by atoms with Gasteiger partial charge in [0.15, 0.2) is 5.96 Å². The van der Waals surface area contributed by atoms with Gasteiger partial charge in [0.1, 0.15) is 11.6 Å². The molecule has 0 aliphatic heterocycles. The van der Waals surface area contributed by atoms with Crippen LogP contribution in [0.4, 0.5) is 8.78 Å². The van der Waals surface area contributed by atoms with E-state index < -0.39 is 0 Å². The van der Waals surface area contributed by atoms with Gasteiger partial charge in [-0.3, -0.25) is 4.99 Å². The molecule has 22 heavy (non-hydrogen) atoms. The fraction of sp³-hybridized carbons (Fsp3) is 0.235. The van der Waals surface area contributed by atoms with Crippen LogP contribution in [0.1, 0.15) is 11.1 Å². The summed E-state index contributed by atoms with van der Waals surface area (Å²) in [7, 11) is 1.64. The monoisotopic (exact) mass is 303 g/mol. The minimum Gasteiger partial charge on any atom is -0.356 e. The minimum absolute atomic E-state index is 0.210. The first-order chi connectivity index (χ1) is 10.7. The number of benzene rings is 2. The van der Waals surface area contributed by atoms with Crippen molar-refractivity contribution in [3.05, 3.63) is 71.3 Å². The Balaban J connectivity index is 1.81. The molecule has 2 aromatic carbocycles. The summed E-state index contributed by atoms with van der Waals surface area (Å²) in [6.45, 7) is 0.879. The van der Waals surface area contributed by atoms with E-state index in [9.17, 15) is 8.78 Å². The largest absolute Gasteiger partial charge is 0.356 e. The molecule has 0 saturated carbocycles. The highest BCUT2D eigenvalue weighted by Gasteiger charge is 2.04. The minimum atomic E-state index is -0.253. The molecule has 0 spiro atoms. The Morgan fingerprint density at radius 1 is 0.909 bits per heavy atom. The molecule has 0 aliphatic carbocycles. The molecular formula is C17H19F2N3. The molecule has 2 aromatic rings. The first kappa shape index (κ1) is 15.9. The molecule has 2 N–H and O–H groups in total. The molecular weight excluding hydrogens is 284 g/mol. The second-order valence-corrected chi connectivity index (χ2v) is 4.79. The molecule has 2 rings (SSSR count). The van der Waals surface area contributed by atoms with E-state index in [1.165, 1.54) is 12.1 Å². The van der Waals surface area contributed by atoms with Crippen molar-refractivity contribution in [2.24, 2.45) is 4.99 Å². The van der Waals surface area contributed by atoms with E-state index in [0.717, 1.165) is 0 Å². The van der Waals surface area contributed by atoms with Crippen molar-refractivity contribution in [1.29, 1.82) is 0 Å². The summed E-state index contributed by atoms with van der Waals surface area (Å²) in [5, 5.41) is 6.12. The Bertz CT molecular complexity index is 641. The third-order valence-corrected chi connectivity index (χ3v) is 3.27. The van der Waals surface area contributed by atoms with Crippen LogP contribution in [0.2, 0.25) is 0 Å². The molecule has 0 heterocycles. The molecule has 0 amide bonds. The standard InChI is InChI=1S/C17H19F2N3/c1-20-17(22-12-14-7-3-5-9-16(14)19)21-11-10-13-6-2-4-8-15(13)18/h2-9H,10-12H2,1H3,(H2,20,21,22). The van der Waals surface area contributed by atoms with Crippen LogP contribution in [0, 0.1) is 11.6 Å². The normalized spacial score (nSPS) is 11.3. The van der Waals surface area contributed by atoms with Crippen molar-refractivity contribution in [2.75, 3.05) is 13.6 Å². The molecule has 0 radical (unpaired) electrons. The first-order valence-electron chi connectivity index (χ1n) is 7.12. The van der Waals surface area contributed by atoms with Gasteiger partial charge >= 0.3 is 0 Å². The van der Waals surface area contributed by atoms with E-state index in [1.54, 1.807) is 37.4 Å². The maximum absolute atomic E-state index is 13.5. The van der Waals surface area contributed by atoms with Gasteiger partial charge in [0, 0.05) is 25.7 Å². The number of halogens is 2. The molecule has 0 unspecified atom stereocenters. The lowest BCUT2D eigenvalue weighted by molar-refractivity contribution is 0.602. The van der Waals surface area contributed by atoms with Crippen molar-refractivity contribution in [1.82, 2.24) is 10.6 Å². The van der Waals surface area contributed by atoms with Crippen molar-refractivity contribution in [3.8, 4) is 0 Å². The maximum Gasteiger partial charge on any atom is 0.191 e. The van der Waals surface area contributed by atoms with Gasteiger partial charge in [-0.25, -0.2) is 8.78 Å². The number of hydrogen-bond donors (Lipinski definition) is 2. The fourth-order valence-corrected chi connectivity index (χ4v) is 2.06. The summed E-state index contributed by atoms with van der Waals surface area (Å²) in [4.78, 5) is 4.06. The van der Waals surface area contributed by atoms with Crippen LogP contribution in [-0.4, -0.2) is 19.6 Å². The van der Waals surface area contributed by atoms with E-state index in [2.05, 4.69) is 15.6 Å². The zero-order valence-corrected chi connectivity index (χ0v) is 12.4. The van der Waals surface area contributed by atoms with Crippen LogP contribution in [0.25, 0.3) is 0 Å². The number of nitrogens with one attached hydrogen (secondary N) is 2. The van der Waals surface area contributed by atoms with E-state index in [1.807, 2.05) is 6.07 Å². The van der Waals surface area contributed by atoms with Gasteiger partial charge in [-0.05, 0) is 24.1 Å². The van der Waals surface area contributed by atoms with Gasteiger partial charge in [0.05, 0.1) is 0 Å². The molecule has 3 nitrogen and oxygen atoms in total. The fourth-order valence-electron chi connectivity index (χ4n) is 2.06. The molecule has 0 saturated heterocycles. The van der Waals surface area contributed by atoms with Gasteiger partial charge in [0.2, 0.25) is 0 Å². The average molecular weight is 303 g/mol. The van der Waals surface area contributed by atoms with Crippen LogP contribution < -0.4 is 10.6 Å². The molecule has 116 valence electrons. The van der Waals surface area contributed by atoms with Crippen LogP contribution in [0.15, 0.2) is 53.5 Å².